The quantitative estimate of drug-likeness (QED) is 0.0410. The van der Waals surface area contributed by atoms with Crippen molar-refractivity contribution in [3.05, 3.63) is 60.8 Å². The SMILES string of the molecule is C/C=C\C/C=C\C/C=C\CCCCCCCCC1(CCCCCCCC/C=C\C/C=C\CCCC)O[C@H]2CC(OC(=O)CCN(C)C)C[C@H]2O1. The maximum atomic E-state index is 12.3. The highest BCUT2D eigenvalue weighted by Gasteiger charge is 2.52. The Bertz CT molecular complexity index is 966. The lowest BCUT2D eigenvalue weighted by molar-refractivity contribution is -0.196. The van der Waals surface area contributed by atoms with E-state index in [4.69, 9.17) is 14.2 Å². The molecule has 1 saturated carbocycles. The molecule has 0 spiro atoms. The molecule has 50 heavy (non-hydrogen) atoms. The molecular weight excluding hydrogens is 618 g/mol. The molecular formula is C45H77NO4. The summed E-state index contributed by atoms with van der Waals surface area (Å²) in [6.07, 6.45) is 51.3. The molecule has 1 saturated heterocycles. The first-order valence-electron chi connectivity index (χ1n) is 20.9. The molecule has 2 fully saturated rings. The van der Waals surface area contributed by atoms with Gasteiger partial charge < -0.3 is 19.1 Å². The van der Waals surface area contributed by atoms with Gasteiger partial charge >= 0.3 is 5.97 Å². The molecule has 0 amide bonds. The lowest BCUT2D eigenvalue weighted by Gasteiger charge is -2.30. The van der Waals surface area contributed by atoms with Gasteiger partial charge in [0.05, 0.1) is 18.6 Å². The van der Waals surface area contributed by atoms with E-state index in [0.717, 1.165) is 64.3 Å². The van der Waals surface area contributed by atoms with Crippen molar-refractivity contribution in [2.45, 2.75) is 198 Å². The Morgan fingerprint density at radius 3 is 1.56 bits per heavy atom. The number of allylic oxidation sites excluding steroid dienone is 10. The zero-order chi connectivity index (χ0) is 36.0. The van der Waals surface area contributed by atoms with Crippen LogP contribution in [0, 0.1) is 0 Å². The second kappa shape index (κ2) is 29.6. The molecule has 0 radical (unpaired) electrons. The Morgan fingerprint density at radius 2 is 1.08 bits per heavy atom. The van der Waals surface area contributed by atoms with E-state index >= 15 is 0 Å². The van der Waals surface area contributed by atoms with Crippen molar-refractivity contribution < 1.29 is 19.0 Å². The fourth-order valence-corrected chi connectivity index (χ4v) is 7.02. The van der Waals surface area contributed by atoms with Gasteiger partial charge in [0.15, 0.2) is 5.79 Å². The van der Waals surface area contributed by atoms with Gasteiger partial charge in [0.2, 0.25) is 0 Å². The fraction of sp³-hybridized carbons (Fsp3) is 0.756. The van der Waals surface area contributed by atoms with Gasteiger partial charge in [-0.2, -0.15) is 0 Å². The van der Waals surface area contributed by atoms with E-state index in [1.54, 1.807) is 0 Å². The van der Waals surface area contributed by atoms with Crippen LogP contribution in [0.5, 0.6) is 0 Å². The summed E-state index contributed by atoms with van der Waals surface area (Å²) in [5.41, 5.74) is 0. The average Bonchev–Trinajstić information content (AvgIpc) is 3.62. The van der Waals surface area contributed by atoms with Gasteiger partial charge in [-0.1, -0.05) is 132 Å². The Kier molecular flexibility index (Phi) is 26.2. The van der Waals surface area contributed by atoms with Gasteiger partial charge in [-0.25, -0.2) is 0 Å². The number of rotatable bonds is 31. The molecule has 286 valence electrons. The van der Waals surface area contributed by atoms with E-state index in [-0.39, 0.29) is 24.3 Å². The Morgan fingerprint density at radius 1 is 0.640 bits per heavy atom. The van der Waals surface area contributed by atoms with E-state index < -0.39 is 5.79 Å². The van der Waals surface area contributed by atoms with E-state index in [1.165, 1.54) is 96.3 Å². The van der Waals surface area contributed by atoms with E-state index in [9.17, 15) is 4.79 Å². The molecule has 0 bridgehead atoms. The molecule has 0 aromatic rings. The summed E-state index contributed by atoms with van der Waals surface area (Å²) in [4.78, 5) is 14.4. The molecule has 5 nitrogen and oxygen atoms in total. The molecule has 4 atom stereocenters. The lowest BCUT2D eigenvalue weighted by atomic mass is 9.98. The van der Waals surface area contributed by atoms with Crippen LogP contribution < -0.4 is 0 Å². The third-order valence-electron chi connectivity index (χ3n) is 10.00. The normalized spacial score (nSPS) is 22.5. The minimum Gasteiger partial charge on any atom is -0.462 e. The predicted molar refractivity (Wildman–Crippen MR) is 213 cm³/mol. The molecule has 0 aromatic heterocycles. The molecule has 0 aromatic carbocycles. The minimum atomic E-state index is -0.447. The summed E-state index contributed by atoms with van der Waals surface area (Å²) in [6, 6.07) is 0. The van der Waals surface area contributed by atoms with Crippen molar-refractivity contribution in [1.29, 1.82) is 0 Å². The summed E-state index contributed by atoms with van der Waals surface area (Å²) >= 11 is 0. The maximum Gasteiger partial charge on any atom is 0.307 e. The number of carbonyl (C=O) groups excluding carboxylic acids is 1. The minimum absolute atomic E-state index is 0.0539. The standard InChI is InChI=1S/C45H77NO4/c1-5-7-9-11-13-15-17-19-21-23-25-27-29-31-33-36-45(37-34-32-30-28-26-24-22-20-18-16-14-12-10-8-6-2)49-42-39-41(40-43(42)50-45)48-44(47)35-38-46(3)4/h5,7,11-14,17-20,41-43H,6,8-10,15-16,21-40H2,1-4H3/b7-5-,13-11-,14-12-,19-17-,20-18-/t41?,42-,43+,45?. The number of hydrogen-bond acceptors (Lipinski definition) is 5. The zero-order valence-electron chi connectivity index (χ0n) is 33.0. The van der Waals surface area contributed by atoms with Crippen molar-refractivity contribution in [3.8, 4) is 0 Å². The first-order valence-corrected chi connectivity index (χ1v) is 20.9. The molecule has 2 aliphatic rings. The van der Waals surface area contributed by atoms with Crippen LogP contribution in [0.15, 0.2) is 60.8 Å². The molecule has 2 unspecified atom stereocenters. The molecule has 2 rings (SSSR count). The topological polar surface area (TPSA) is 48.0 Å². The van der Waals surface area contributed by atoms with Gasteiger partial charge in [0.1, 0.15) is 6.10 Å². The first kappa shape index (κ1) is 44.2. The van der Waals surface area contributed by atoms with E-state index in [2.05, 4.69) is 74.6 Å². The molecule has 1 aliphatic heterocycles. The van der Waals surface area contributed by atoms with Crippen LogP contribution in [-0.2, 0) is 19.0 Å². The van der Waals surface area contributed by atoms with Gasteiger partial charge in [-0.15, -0.1) is 0 Å². The van der Waals surface area contributed by atoms with Crippen LogP contribution >= 0.6 is 0 Å². The van der Waals surface area contributed by atoms with Crippen molar-refractivity contribution in [2.24, 2.45) is 0 Å². The van der Waals surface area contributed by atoms with Crippen LogP contribution in [0.25, 0.3) is 0 Å². The van der Waals surface area contributed by atoms with Crippen molar-refractivity contribution in [1.82, 2.24) is 4.90 Å². The molecule has 5 heteroatoms. The van der Waals surface area contributed by atoms with Crippen molar-refractivity contribution >= 4 is 5.97 Å². The number of esters is 1. The second-order valence-electron chi connectivity index (χ2n) is 15.0. The molecule has 1 aliphatic carbocycles. The highest BCUT2D eigenvalue weighted by atomic mass is 16.8. The smallest absolute Gasteiger partial charge is 0.307 e. The average molecular weight is 696 g/mol. The highest BCUT2D eigenvalue weighted by Crippen LogP contribution is 2.44. The first-order chi connectivity index (χ1) is 24.5. The number of ether oxygens (including phenoxy) is 3. The molecule has 1 heterocycles. The van der Waals surface area contributed by atoms with Crippen LogP contribution in [0.4, 0.5) is 0 Å². The van der Waals surface area contributed by atoms with Gasteiger partial charge in [0, 0.05) is 32.2 Å². The Balaban J connectivity index is 1.66. The number of fused-ring (bicyclic) bond motifs is 1. The van der Waals surface area contributed by atoms with Gasteiger partial charge in [-0.05, 0) is 85.2 Å². The van der Waals surface area contributed by atoms with Gasteiger partial charge in [-0.3, -0.25) is 4.79 Å². The number of carbonyl (C=O) groups is 1. The Hall–Kier alpha value is -1.95. The second-order valence-corrected chi connectivity index (χ2v) is 15.0. The summed E-state index contributed by atoms with van der Waals surface area (Å²) in [5.74, 6) is -0.554. The van der Waals surface area contributed by atoms with E-state index in [0.29, 0.717) is 6.42 Å². The third kappa shape index (κ3) is 22.1. The van der Waals surface area contributed by atoms with Crippen LogP contribution in [0.2, 0.25) is 0 Å². The zero-order valence-corrected chi connectivity index (χ0v) is 33.0. The third-order valence-corrected chi connectivity index (χ3v) is 10.00. The van der Waals surface area contributed by atoms with Crippen LogP contribution in [0.1, 0.15) is 174 Å². The number of unbranched alkanes of at least 4 members (excludes halogenated alkanes) is 14. The Labute approximate surface area is 309 Å². The predicted octanol–water partition coefficient (Wildman–Crippen LogP) is 12.5. The highest BCUT2D eigenvalue weighted by molar-refractivity contribution is 5.69. The lowest BCUT2D eigenvalue weighted by Crippen LogP contribution is -2.33. The van der Waals surface area contributed by atoms with E-state index in [1.807, 2.05) is 19.0 Å². The molecule has 0 N–H and O–H groups in total. The number of hydrogen-bond donors (Lipinski definition) is 0. The van der Waals surface area contributed by atoms with Crippen LogP contribution in [0.3, 0.4) is 0 Å². The van der Waals surface area contributed by atoms with Crippen LogP contribution in [-0.4, -0.2) is 55.6 Å². The summed E-state index contributed by atoms with van der Waals surface area (Å²) < 4.78 is 19.3. The summed E-state index contributed by atoms with van der Waals surface area (Å²) in [5, 5.41) is 0. The fourth-order valence-electron chi connectivity index (χ4n) is 7.02. The van der Waals surface area contributed by atoms with Crippen molar-refractivity contribution in [2.75, 3.05) is 20.6 Å². The van der Waals surface area contributed by atoms with Crippen molar-refractivity contribution in [3.63, 3.8) is 0 Å². The van der Waals surface area contributed by atoms with Gasteiger partial charge in [0.25, 0.3) is 0 Å². The summed E-state index contributed by atoms with van der Waals surface area (Å²) in [6.45, 7) is 5.03. The monoisotopic (exact) mass is 696 g/mol. The largest absolute Gasteiger partial charge is 0.462 e. The summed E-state index contributed by atoms with van der Waals surface area (Å²) in [7, 11) is 3.96. The number of nitrogens with zero attached hydrogens (tertiary/aromatic N) is 1. The maximum absolute atomic E-state index is 12.3.